The van der Waals surface area contributed by atoms with Gasteiger partial charge in [0.05, 0.1) is 72.8 Å². The number of hydrogen-bond donors (Lipinski definition) is 9. The summed E-state index contributed by atoms with van der Waals surface area (Å²) in [6, 6.07) is 21.5. The number of halogens is 8. The van der Waals surface area contributed by atoms with Gasteiger partial charge in [0.1, 0.15) is 22.8 Å². The molecule has 2 amide bonds. The van der Waals surface area contributed by atoms with Crippen LogP contribution in [-0.4, -0.2) is 124 Å². The Bertz CT molecular complexity index is 2560. The first-order valence-corrected chi connectivity index (χ1v) is 22.9. The summed E-state index contributed by atoms with van der Waals surface area (Å²) >= 11 is 3.83. The van der Waals surface area contributed by atoms with Gasteiger partial charge in [-0.3, -0.25) is 9.59 Å². The molecule has 0 bridgehead atoms. The van der Waals surface area contributed by atoms with Gasteiger partial charge in [0.25, 0.3) is 11.8 Å². The number of aliphatic hydroxyl groups is 4. The van der Waals surface area contributed by atoms with E-state index in [9.17, 15) is 56.4 Å². The molecule has 5 aromatic rings. The highest BCUT2D eigenvalue weighted by Crippen LogP contribution is 2.34. The Hall–Kier alpha value is -4.60. The molecule has 0 saturated carbocycles. The number of β-amino-alcohol motifs (C(OH)–C–C–N with tert-alkyl or cyclic N) is 2. The second-order valence-corrected chi connectivity index (χ2v) is 18.8. The van der Waals surface area contributed by atoms with Crippen LogP contribution in [0.1, 0.15) is 26.3 Å². The zero-order valence-corrected chi connectivity index (χ0v) is 39.8. The fourth-order valence-corrected chi connectivity index (χ4v) is 8.23. The van der Waals surface area contributed by atoms with E-state index in [0.29, 0.717) is 13.6 Å². The Labute approximate surface area is 409 Å². The summed E-state index contributed by atoms with van der Waals surface area (Å²) in [5, 5.41) is 51.4. The second-order valence-electron chi connectivity index (χ2n) is 16.3. The first-order valence-electron chi connectivity index (χ1n) is 20.7. The predicted molar refractivity (Wildman–Crippen MR) is 256 cm³/mol. The van der Waals surface area contributed by atoms with Crippen LogP contribution in [0.3, 0.4) is 0 Å². The fourth-order valence-electron chi connectivity index (χ4n) is 7.32. The van der Waals surface area contributed by atoms with E-state index in [0.717, 1.165) is 29.8 Å². The molecule has 2 fully saturated rings. The fraction of sp³-hybridized carbons (Fsp3) is 0.304. The number of hydrogen-bond acceptors (Lipinski definition) is 11. The van der Waals surface area contributed by atoms with E-state index >= 15 is 0 Å². The van der Waals surface area contributed by atoms with Crippen molar-refractivity contribution in [3.05, 3.63) is 150 Å². The first-order chi connectivity index (χ1) is 31.8. The maximum Gasteiger partial charge on any atom is 0.256 e. The molecule has 13 nitrogen and oxygen atoms in total. The molecule has 358 valence electrons. The maximum absolute atomic E-state index is 14.7. The Kier molecular flexibility index (Phi) is 17.5. The van der Waals surface area contributed by atoms with Gasteiger partial charge in [0.2, 0.25) is 0 Å². The summed E-state index contributed by atoms with van der Waals surface area (Å²) in [6.07, 6.45) is -0.186. The SMILES string of the molecule is NCC(O)CNCC1(O)CN(C(=O)c2ccc(F)c(F)c2Nc2ccc(I)cc2F)C1.O=C(c1ccc(F)c(F)c1Nc1ccc(I)cc1F)N1CC(O)(CNC(CO)Cc2ccccc2)C1. The molecule has 7 rings (SSSR count). The Balaban J connectivity index is 0.000000224. The van der Waals surface area contributed by atoms with Crippen LogP contribution in [0.25, 0.3) is 0 Å². The molecule has 0 radical (unpaired) electrons. The topological polar surface area (TPSA) is 196 Å². The molecular formula is C46H47F6I2N7O6. The lowest BCUT2D eigenvalue weighted by Crippen LogP contribution is -2.68. The molecular weight excluding hydrogens is 1110 g/mol. The lowest BCUT2D eigenvalue weighted by molar-refractivity contribution is -0.0803. The van der Waals surface area contributed by atoms with Crippen molar-refractivity contribution < 1.29 is 56.4 Å². The minimum Gasteiger partial charge on any atom is -0.395 e. The van der Waals surface area contributed by atoms with Crippen LogP contribution in [-0.2, 0) is 6.42 Å². The average molecular weight is 1160 g/mol. The molecule has 0 aromatic heterocycles. The van der Waals surface area contributed by atoms with Gasteiger partial charge in [-0.25, -0.2) is 26.3 Å². The lowest BCUT2D eigenvalue weighted by atomic mass is 9.92. The number of carbonyl (C=O) groups is 2. The van der Waals surface area contributed by atoms with Gasteiger partial charge < -0.3 is 57.2 Å². The number of nitrogens with two attached hydrogens (primary N) is 1. The number of nitrogens with zero attached hydrogens (tertiary/aromatic N) is 2. The number of aliphatic hydroxyl groups excluding tert-OH is 2. The molecule has 21 heteroatoms. The van der Waals surface area contributed by atoms with Crippen LogP contribution >= 0.6 is 45.2 Å². The van der Waals surface area contributed by atoms with Crippen molar-refractivity contribution in [1.29, 1.82) is 0 Å². The third-order valence-corrected chi connectivity index (χ3v) is 12.3. The van der Waals surface area contributed by atoms with Gasteiger partial charge in [0.15, 0.2) is 23.3 Å². The van der Waals surface area contributed by atoms with Crippen LogP contribution < -0.4 is 27.0 Å². The average Bonchev–Trinajstić information content (AvgIpc) is 3.28. The quantitative estimate of drug-likeness (QED) is 0.0429. The summed E-state index contributed by atoms with van der Waals surface area (Å²) in [7, 11) is 0. The van der Waals surface area contributed by atoms with Crippen LogP contribution in [0.15, 0.2) is 91.0 Å². The van der Waals surface area contributed by atoms with Crippen molar-refractivity contribution in [1.82, 2.24) is 20.4 Å². The lowest BCUT2D eigenvalue weighted by Gasteiger charge is -2.47. The van der Waals surface area contributed by atoms with E-state index in [1.807, 2.05) is 75.5 Å². The van der Waals surface area contributed by atoms with Gasteiger partial charge in [-0.1, -0.05) is 30.3 Å². The van der Waals surface area contributed by atoms with E-state index < -0.39 is 75.4 Å². The molecule has 0 aliphatic carbocycles. The Morgan fingerprint density at radius 2 is 1.13 bits per heavy atom. The maximum atomic E-state index is 14.7. The number of rotatable bonds is 17. The minimum absolute atomic E-state index is 0.0430. The number of likely N-dealkylation sites (tertiary alicyclic amines) is 2. The normalized spacial score (nSPS) is 15.7. The Morgan fingerprint density at radius 1 is 0.672 bits per heavy atom. The van der Waals surface area contributed by atoms with Crippen molar-refractivity contribution in [2.45, 2.75) is 29.8 Å². The van der Waals surface area contributed by atoms with Gasteiger partial charge in [-0.15, -0.1) is 0 Å². The van der Waals surface area contributed by atoms with Gasteiger partial charge in [-0.2, -0.15) is 0 Å². The highest BCUT2D eigenvalue weighted by atomic mass is 127. The smallest absolute Gasteiger partial charge is 0.256 e. The van der Waals surface area contributed by atoms with Crippen molar-refractivity contribution in [2.24, 2.45) is 5.73 Å². The van der Waals surface area contributed by atoms with Gasteiger partial charge in [-0.05, 0) is 118 Å². The molecule has 2 aliphatic rings. The molecule has 67 heavy (non-hydrogen) atoms. The number of anilines is 4. The number of benzene rings is 5. The second kappa shape index (κ2) is 22.7. The monoisotopic (exact) mass is 1160 g/mol. The van der Waals surface area contributed by atoms with E-state index in [1.165, 1.54) is 34.1 Å². The zero-order valence-electron chi connectivity index (χ0n) is 35.5. The summed E-state index contributed by atoms with van der Waals surface area (Å²) in [4.78, 5) is 28.5. The van der Waals surface area contributed by atoms with Gasteiger partial charge >= 0.3 is 0 Å². The van der Waals surface area contributed by atoms with E-state index in [2.05, 4.69) is 21.3 Å². The predicted octanol–water partition coefficient (Wildman–Crippen LogP) is 5.38. The van der Waals surface area contributed by atoms with Crippen molar-refractivity contribution in [3.63, 3.8) is 0 Å². The molecule has 2 unspecified atom stereocenters. The van der Waals surface area contributed by atoms with Crippen LogP contribution in [0, 0.1) is 42.0 Å². The minimum atomic E-state index is -1.31. The Morgan fingerprint density at radius 3 is 1.57 bits per heavy atom. The van der Waals surface area contributed by atoms with Gasteiger partial charge in [0, 0.05) is 39.4 Å². The number of carbonyl (C=O) groups excluding carboxylic acids is 2. The molecule has 0 spiro atoms. The van der Waals surface area contributed by atoms with Crippen LogP contribution in [0.4, 0.5) is 49.1 Å². The van der Waals surface area contributed by atoms with Crippen LogP contribution in [0.2, 0.25) is 0 Å². The summed E-state index contributed by atoms with van der Waals surface area (Å²) in [5.41, 5.74) is 2.34. The number of amides is 2. The van der Waals surface area contributed by atoms with Crippen molar-refractivity contribution >= 4 is 79.7 Å². The first kappa shape index (κ1) is 51.8. The highest BCUT2D eigenvalue weighted by molar-refractivity contribution is 14.1. The van der Waals surface area contributed by atoms with E-state index in [1.54, 1.807) is 12.1 Å². The number of nitrogens with one attached hydrogen (secondary N) is 4. The molecule has 10 N–H and O–H groups in total. The summed E-state index contributed by atoms with van der Waals surface area (Å²) < 4.78 is 86.7. The molecule has 2 atom stereocenters. The van der Waals surface area contributed by atoms with Crippen molar-refractivity contribution in [3.8, 4) is 0 Å². The highest BCUT2D eigenvalue weighted by Gasteiger charge is 2.45. The molecule has 2 heterocycles. The summed E-state index contributed by atoms with van der Waals surface area (Å²) in [5.74, 6) is -7.61. The third kappa shape index (κ3) is 13.1. The largest absolute Gasteiger partial charge is 0.395 e. The molecule has 5 aromatic carbocycles. The molecule has 2 saturated heterocycles. The van der Waals surface area contributed by atoms with Crippen molar-refractivity contribution in [2.75, 3.05) is 69.6 Å². The van der Waals surface area contributed by atoms with E-state index in [-0.39, 0.29) is 87.5 Å². The van der Waals surface area contributed by atoms with Crippen LogP contribution in [0.5, 0.6) is 0 Å². The summed E-state index contributed by atoms with van der Waals surface area (Å²) in [6.45, 7) is 0.191. The standard InChI is InChI=1S/C26H25F3IN3O3.C20H22F3IN4O3/c27-20-8-7-19(24(23(20)29)32-22-9-6-17(30)11-21(22)28)25(35)33-14-26(36,15-33)13-31-18(12-34)10-16-4-2-1-3-5-16;21-14-3-2-13(18(17(14)23)27-16-4-1-11(24)5-15(16)22)19(30)28-9-20(31,10-28)8-26-7-12(29)6-25/h1-9,11,18,31-32,34,36H,10,12-15H2;1-5,12,26-27,29,31H,6-10,25H2. The third-order valence-electron chi connectivity index (χ3n) is 10.9. The zero-order chi connectivity index (χ0) is 48.6. The van der Waals surface area contributed by atoms with E-state index in [4.69, 9.17) is 5.73 Å². The molecule has 2 aliphatic heterocycles.